The molecule has 35 heavy (non-hydrogen) atoms. The smallest absolute Gasteiger partial charge is 0.434 e. The standard InChI is InChI=1S/C21H20Cl3N5O6/c1-2-14(33-16-5-3-4-6-32-16)11-9-15(27-28-18(11)24)34-17-12(22)7-10(8-13(17)23)25-20(30)19-26-21(31)35-29-19/h7-9,14,16H,2-6H2,1H3,(H,25,30)(H,26,29,31). The van der Waals surface area contributed by atoms with Gasteiger partial charge in [0.1, 0.15) is 0 Å². The highest BCUT2D eigenvalue weighted by Crippen LogP contribution is 2.39. The summed E-state index contributed by atoms with van der Waals surface area (Å²) in [6.07, 6.45) is 2.77. The van der Waals surface area contributed by atoms with E-state index in [0.717, 1.165) is 19.3 Å². The lowest BCUT2D eigenvalue weighted by molar-refractivity contribution is -0.190. The molecule has 2 unspecified atom stereocenters. The molecule has 0 spiro atoms. The van der Waals surface area contributed by atoms with E-state index >= 15 is 0 Å². The number of ether oxygens (including phenoxy) is 3. The van der Waals surface area contributed by atoms with Crippen molar-refractivity contribution in [3.8, 4) is 11.6 Å². The molecule has 11 nitrogen and oxygen atoms in total. The van der Waals surface area contributed by atoms with Gasteiger partial charge >= 0.3 is 5.76 Å². The highest BCUT2D eigenvalue weighted by Gasteiger charge is 2.24. The van der Waals surface area contributed by atoms with Gasteiger partial charge in [0.15, 0.2) is 17.2 Å². The van der Waals surface area contributed by atoms with Crippen LogP contribution in [0.4, 0.5) is 5.69 Å². The number of rotatable bonds is 8. The molecule has 4 rings (SSSR count). The predicted molar refractivity (Wildman–Crippen MR) is 126 cm³/mol. The van der Waals surface area contributed by atoms with Gasteiger partial charge in [0, 0.05) is 23.9 Å². The van der Waals surface area contributed by atoms with Gasteiger partial charge in [-0.3, -0.25) is 14.3 Å². The first-order valence-corrected chi connectivity index (χ1v) is 11.8. The van der Waals surface area contributed by atoms with Crippen LogP contribution < -0.4 is 15.8 Å². The Balaban J connectivity index is 1.51. The molecule has 1 saturated heterocycles. The van der Waals surface area contributed by atoms with Crippen LogP contribution in [-0.4, -0.2) is 39.1 Å². The van der Waals surface area contributed by atoms with Crippen molar-refractivity contribution < 1.29 is 23.5 Å². The summed E-state index contributed by atoms with van der Waals surface area (Å²) in [4.78, 5) is 25.3. The van der Waals surface area contributed by atoms with Crippen LogP contribution in [0.5, 0.6) is 11.6 Å². The van der Waals surface area contributed by atoms with Gasteiger partial charge in [0.25, 0.3) is 5.91 Å². The zero-order valence-electron chi connectivity index (χ0n) is 18.3. The Hall–Kier alpha value is -2.70. The molecule has 0 bridgehead atoms. The molecule has 0 aliphatic carbocycles. The number of carbonyl (C=O) groups is 1. The summed E-state index contributed by atoms with van der Waals surface area (Å²) in [7, 11) is 0. The number of nitrogens with one attached hydrogen (secondary N) is 2. The molecule has 2 N–H and O–H groups in total. The lowest BCUT2D eigenvalue weighted by Crippen LogP contribution is -2.24. The maximum atomic E-state index is 12.2. The molecule has 1 aliphatic rings. The zero-order valence-corrected chi connectivity index (χ0v) is 20.6. The van der Waals surface area contributed by atoms with Gasteiger partial charge < -0.3 is 19.5 Å². The van der Waals surface area contributed by atoms with Crippen LogP contribution in [0.15, 0.2) is 27.5 Å². The fourth-order valence-corrected chi connectivity index (χ4v) is 4.17. The average molecular weight is 545 g/mol. The van der Waals surface area contributed by atoms with Gasteiger partial charge in [-0.25, -0.2) is 4.79 Å². The second-order valence-corrected chi connectivity index (χ2v) is 8.70. The van der Waals surface area contributed by atoms with Crippen molar-refractivity contribution in [2.24, 2.45) is 0 Å². The SMILES string of the molecule is CCC(OC1CCCCO1)c1cc(Oc2c(Cl)cc(NC(=O)c3noc(=O)[nH]3)cc2Cl)nnc1Cl. The van der Waals surface area contributed by atoms with Crippen LogP contribution in [0.25, 0.3) is 0 Å². The van der Waals surface area contributed by atoms with Crippen molar-refractivity contribution >= 4 is 46.4 Å². The van der Waals surface area contributed by atoms with Crippen molar-refractivity contribution in [3.63, 3.8) is 0 Å². The summed E-state index contributed by atoms with van der Waals surface area (Å²) in [6.45, 7) is 2.61. The summed E-state index contributed by atoms with van der Waals surface area (Å²) >= 11 is 19.0. The number of H-pyrrole nitrogens is 1. The predicted octanol–water partition coefficient (Wildman–Crippen LogP) is 5.15. The monoisotopic (exact) mass is 543 g/mol. The molecular weight excluding hydrogens is 525 g/mol. The van der Waals surface area contributed by atoms with Crippen LogP contribution in [0.2, 0.25) is 15.2 Å². The third-order valence-electron chi connectivity index (χ3n) is 5.04. The Kier molecular flexibility index (Phi) is 8.24. The molecule has 0 saturated carbocycles. The molecule has 3 aromatic rings. The number of aromatic amines is 1. The Bertz CT molecular complexity index is 1240. The van der Waals surface area contributed by atoms with Crippen molar-refractivity contribution in [1.82, 2.24) is 20.3 Å². The highest BCUT2D eigenvalue weighted by molar-refractivity contribution is 6.37. The van der Waals surface area contributed by atoms with E-state index < -0.39 is 11.7 Å². The fourth-order valence-electron chi connectivity index (χ4n) is 3.39. The number of amides is 1. The first kappa shape index (κ1) is 25.4. The van der Waals surface area contributed by atoms with Crippen LogP contribution >= 0.6 is 34.8 Å². The normalized spacial score (nSPS) is 16.6. The second kappa shape index (κ2) is 11.4. The van der Waals surface area contributed by atoms with E-state index in [1.807, 2.05) is 6.92 Å². The maximum Gasteiger partial charge on any atom is 0.439 e. The van der Waals surface area contributed by atoms with E-state index in [4.69, 9.17) is 49.0 Å². The molecular formula is C21H20Cl3N5O6. The van der Waals surface area contributed by atoms with E-state index in [1.165, 1.54) is 12.1 Å². The van der Waals surface area contributed by atoms with E-state index in [1.54, 1.807) is 6.07 Å². The second-order valence-electron chi connectivity index (χ2n) is 7.53. The molecule has 3 heterocycles. The van der Waals surface area contributed by atoms with Crippen molar-refractivity contribution in [2.75, 3.05) is 11.9 Å². The molecule has 2 atom stereocenters. The van der Waals surface area contributed by atoms with Gasteiger partial charge in [-0.15, -0.1) is 10.2 Å². The minimum atomic E-state index is -0.861. The molecule has 1 amide bonds. The first-order valence-electron chi connectivity index (χ1n) is 10.7. The molecule has 0 radical (unpaired) electrons. The van der Waals surface area contributed by atoms with Crippen LogP contribution in [0.1, 0.15) is 54.9 Å². The Morgan fingerprint density at radius 3 is 2.63 bits per heavy atom. The number of hydrogen-bond donors (Lipinski definition) is 2. The van der Waals surface area contributed by atoms with Crippen LogP contribution in [-0.2, 0) is 9.47 Å². The maximum absolute atomic E-state index is 12.2. The fraction of sp³-hybridized carbons (Fsp3) is 0.381. The minimum absolute atomic E-state index is 0.0821. The van der Waals surface area contributed by atoms with Gasteiger partial charge in [0.05, 0.1) is 16.1 Å². The molecule has 1 fully saturated rings. The highest BCUT2D eigenvalue weighted by atomic mass is 35.5. The van der Waals surface area contributed by atoms with Crippen molar-refractivity contribution in [1.29, 1.82) is 0 Å². The Morgan fingerprint density at radius 2 is 2.00 bits per heavy atom. The number of aromatic nitrogens is 4. The number of hydrogen-bond acceptors (Lipinski definition) is 9. The van der Waals surface area contributed by atoms with E-state index in [9.17, 15) is 9.59 Å². The van der Waals surface area contributed by atoms with Gasteiger partial charge in [-0.2, -0.15) is 0 Å². The largest absolute Gasteiger partial charge is 0.439 e. The van der Waals surface area contributed by atoms with E-state index in [0.29, 0.717) is 18.6 Å². The molecule has 14 heteroatoms. The number of halogens is 3. The Labute approximate surface area is 214 Å². The third kappa shape index (κ3) is 6.30. The summed E-state index contributed by atoms with van der Waals surface area (Å²) in [5, 5.41) is 14.1. The van der Waals surface area contributed by atoms with Crippen LogP contribution in [0, 0.1) is 0 Å². The van der Waals surface area contributed by atoms with Crippen LogP contribution in [0.3, 0.4) is 0 Å². The molecule has 1 aromatic carbocycles. The van der Waals surface area contributed by atoms with Gasteiger partial charge in [-0.05, 0) is 43.0 Å². The lowest BCUT2D eigenvalue weighted by atomic mass is 10.1. The quantitative estimate of drug-likeness (QED) is 0.393. The first-order chi connectivity index (χ1) is 16.8. The topological polar surface area (TPSA) is 141 Å². The van der Waals surface area contributed by atoms with Crippen molar-refractivity contribution in [3.05, 3.63) is 55.3 Å². The molecule has 186 valence electrons. The number of anilines is 1. The van der Waals surface area contributed by atoms with E-state index in [-0.39, 0.29) is 50.7 Å². The molecule has 1 aliphatic heterocycles. The van der Waals surface area contributed by atoms with Crippen molar-refractivity contribution in [2.45, 2.75) is 45.0 Å². The third-order valence-corrected chi connectivity index (χ3v) is 5.90. The Morgan fingerprint density at radius 1 is 1.23 bits per heavy atom. The minimum Gasteiger partial charge on any atom is -0.434 e. The lowest BCUT2D eigenvalue weighted by Gasteiger charge is -2.27. The summed E-state index contributed by atoms with van der Waals surface area (Å²) < 4.78 is 21.9. The number of benzene rings is 1. The summed E-state index contributed by atoms with van der Waals surface area (Å²) in [5.74, 6) is -1.71. The van der Waals surface area contributed by atoms with Gasteiger partial charge in [-0.1, -0.05) is 41.7 Å². The van der Waals surface area contributed by atoms with E-state index in [2.05, 4.69) is 30.2 Å². The average Bonchev–Trinajstić information content (AvgIpc) is 3.28. The number of nitrogens with zero attached hydrogens (tertiary/aromatic N) is 3. The van der Waals surface area contributed by atoms with Gasteiger partial charge in [0.2, 0.25) is 11.7 Å². The summed E-state index contributed by atoms with van der Waals surface area (Å²) in [6, 6.07) is 4.42. The molecule has 2 aromatic heterocycles. The summed E-state index contributed by atoms with van der Waals surface area (Å²) in [5.41, 5.74) is 0.821. The number of carbonyl (C=O) groups excluding carboxylic acids is 1. The zero-order chi connectivity index (χ0) is 24.9.